The Morgan fingerprint density at radius 1 is 1.09 bits per heavy atom. The van der Waals surface area contributed by atoms with E-state index in [2.05, 4.69) is 5.32 Å². The molecule has 2 rings (SSSR count). The fourth-order valence-corrected chi connectivity index (χ4v) is 4.54. The Labute approximate surface area is 206 Å². The maximum Gasteiger partial charge on any atom is 0.244 e. The molecule has 0 saturated heterocycles. The lowest BCUT2D eigenvalue weighted by Gasteiger charge is -2.32. The zero-order chi connectivity index (χ0) is 25.6. The van der Waals surface area contributed by atoms with Gasteiger partial charge in [-0.25, -0.2) is 8.42 Å². The molecule has 1 N–H and O–H groups in total. The van der Waals surface area contributed by atoms with Crippen molar-refractivity contribution in [3.63, 3.8) is 0 Å². The van der Waals surface area contributed by atoms with Crippen molar-refractivity contribution in [2.45, 2.75) is 46.3 Å². The zero-order valence-corrected chi connectivity index (χ0v) is 21.9. The van der Waals surface area contributed by atoms with Crippen molar-refractivity contribution < 1.29 is 22.7 Å². The normalized spacial score (nSPS) is 12.2. The van der Waals surface area contributed by atoms with Crippen LogP contribution in [0.5, 0.6) is 5.75 Å². The number of carbonyl (C=O) groups is 2. The molecule has 10 heteroatoms. The fraction of sp³-hybridized carbons (Fsp3) is 0.417. The Balaban J connectivity index is 2.41. The lowest BCUT2D eigenvalue weighted by Crippen LogP contribution is -2.52. The summed E-state index contributed by atoms with van der Waals surface area (Å²) in [5.41, 5.74) is 1.73. The van der Waals surface area contributed by atoms with Gasteiger partial charge in [0.1, 0.15) is 18.3 Å². The van der Waals surface area contributed by atoms with Gasteiger partial charge in [-0.05, 0) is 69.2 Å². The van der Waals surface area contributed by atoms with E-state index in [-0.39, 0.29) is 18.5 Å². The van der Waals surface area contributed by atoms with Crippen LogP contribution in [0, 0.1) is 6.92 Å². The molecule has 0 saturated carbocycles. The summed E-state index contributed by atoms with van der Waals surface area (Å²) in [4.78, 5) is 27.6. The lowest BCUT2D eigenvalue weighted by atomic mass is 10.1. The number of methoxy groups -OCH3 is 1. The van der Waals surface area contributed by atoms with Crippen LogP contribution in [-0.2, 0) is 26.2 Å². The van der Waals surface area contributed by atoms with Gasteiger partial charge in [-0.1, -0.05) is 23.7 Å². The first-order valence-corrected chi connectivity index (χ1v) is 13.0. The van der Waals surface area contributed by atoms with Crippen molar-refractivity contribution >= 4 is 39.1 Å². The van der Waals surface area contributed by atoms with Gasteiger partial charge in [-0.15, -0.1) is 0 Å². The van der Waals surface area contributed by atoms with Gasteiger partial charge in [0.25, 0.3) is 0 Å². The van der Waals surface area contributed by atoms with Crippen molar-refractivity contribution in [3.05, 3.63) is 58.6 Å². The predicted octanol–water partition coefficient (Wildman–Crippen LogP) is 3.36. The average molecular weight is 510 g/mol. The molecule has 0 spiro atoms. The number of hydrogen-bond donors (Lipinski definition) is 1. The van der Waals surface area contributed by atoms with Crippen molar-refractivity contribution in [3.8, 4) is 5.75 Å². The largest absolute Gasteiger partial charge is 0.497 e. The first kappa shape index (κ1) is 27.5. The minimum Gasteiger partial charge on any atom is -0.497 e. The number of nitrogens with one attached hydrogen (secondary N) is 1. The molecule has 186 valence electrons. The molecule has 2 aromatic carbocycles. The highest BCUT2D eigenvalue weighted by atomic mass is 35.5. The van der Waals surface area contributed by atoms with E-state index in [4.69, 9.17) is 16.3 Å². The molecular weight excluding hydrogens is 478 g/mol. The summed E-state index contributed by atoms with van der Waals surface area (Å²) in [5.74, 6) is -0.180. The topological polar surface area (TPSA) is 96.0 Å². The van der Waals surface area contributed by atoms with Crippen LogP contribution < -0.4 is 14.4 Å². The van der Waals surface area contributed by atoms with Crippen LogP contribution in [0.4, 0.5) is 5.69 Å². The van der Waals surface area contributed by atoms with Gasteiger partial charge in [0.2, 0.25) is 21.8 Å². The number of hydrogen-bond acceptors (Lipinski definition) is 5. The lowest BCUT2D eigenvalue weighted by molar-refractivity contribution is -0.139. The molecule has 0 aliphatic heterocycles. The highest BCUT2D eigenvalue weighted by Gasteiger charge is 2.30. The molecule has 0 fully saturated rings. The molecule has 0 bridgehead atoms. The van der Waals surface area contributed by atoms with Crippen molar-refractivity contribution in [1.82, 2.24) is 10.2 Å². The van der Waals surface area contributed by atoms with Gasteiger partial charge in [-0.3, -0.25) is 13.9 Å². The molecule has 0 radical (unpaired) electrons. The van der Waals surface area contributed by atoms with Gasteiger partial charge < -0.3 is 15.0 Å². The number of anilines is 1. The number of benzene rings is 2. The van der Waals surface area contributed by atoms with E-state index < -0.39 is 28.5 Å². The van der Waals surface area contributed by atoms with Crippen LogP contribution in [0.25, 0.3) is 0 Å². The van der Waals surface area contributed by atoms with E-state index in [9.17, 15) is 18.0 Å². The maximum atomic E-state index is 13.5. The summed E-state index contributed by atoms with van der Waals surface area (Å²) in [5, 5.41) is 3.27. The fourth-order valence-electron chi connectivity index (χ4n) is 3.41. The molecule has 2 aromatic rings. The number of aryl methyl sites for hydroxylation is 1. The number of sulfonamides is 1. The average Bonchev–Trinajstić information content (AvgIpc) is 2.75. The second kappa shape index (κ2) is 11.6. The smallest absolute Gasteiger partial charge is 0.244 e. The molecule has 0 unspecified atom stereocenters. The number of halogens is 1. The van der Waals surface area contributed by atoms with E-state index in [1.165, 1.54) is 4.90 Å². The number of nitrogens with zero attached hydrogens (tertiary/aromatic N) is 2. The van der Waals surface area contributed by atoms with Crippen LogP contribution in [-0.4, -0.2) is 57.1 Å². The molecular formula is C24H32ClN3O5S. The highest BCUT2D eigenvalue weighted by molar-refractivity contribution is 7.92. The molecule has 8 nitrogen and oxygen atoms in total. The monoisotopic (exact) mass is 509 g/mol. The molecule has 0 aliphatic rings. The highest BCUT2D eigenvalue weighted by Crippen LogP contribution is 2.26. The Morgan fingerprint density at radius 3 is 2.21 bits per heavy atom. The second-order valence-electron chi connectivity index (χ2n) is 8.41. The standard InChI is InChI=1S/C24H32ClN3O5S/c1-16(2)26-24(30)18(4)27(14-19-7-10-21(33-5)11-8-19)23(29)15-28(34(6,31)32)22-12-9-20(25)13-17(22)3/h7-13,16,18H,14-15H2,1-6H3,(H,26,30)/t18-/m0/s1. The SMILES string of the molecule is COc1ccc(CN(C(=O)CN(c2ccc(Cl)cc2C)S(C)(=O)=O)[C@@H](C)C(=O)NC(C)C)cc1. The molecule has 0 aliphatic carbocycles. The molecule has 34 heavy (non-hydrogen) atoms. The Morgan fingerprint density at radius 2 is 1.71 bits per heavy atom. The number of amides is 2. The minimum atomic E-state index is -3.80. The van der Waals surface area contributed by atoms with Crippen molar-refractivity contribution in [1.29, 1.82) is 0 Å². The summed E-state index contributed by atoms with van der Waals surface area (Å²) in [7, 11) is -2.25. The zero-order valence-electron chi connectivity index (χ0n) is 20.3. The molecule has 0 heterocycles. The van der Waals surface area contributed by atoms with Gasteiger partial charge >= 0.3 is 0 Å². The predicted molar refractivity (Wildman–Crippen MR) is 135 cm³/mol. The van der Waals surface area contributed by atoms with E-state index in [1.807, 2.05) is 13.8 Å². The molecule has 1 atom stereocenters. The molecule has 0 aromatic heterocycles. The van der Waals surface area contributed by atoms with Gasteiger partial charge in [-0.2, -0.15) is 0 Å². The van der Waals surface area contributed by atoms with E-state index in [0.29, 0.717) is 22.0 Å². The van der Waals surface area contributed by atoms with Crippen LogP contribution >= 0.6 is 11.6 Å². The minimum absolute atomic E-state index is 0.114. The van der Waals surface area contributed by atoms with Crippen molar-refractivity contribution in [2.24, 2.45) is 0 Å². The third-order valence-electron chi connectivity index (χ3n) is 5.22. The maximum absolute atomic E-state index is 13.5. The summed E-state index contributed by atoms with van der Waals surface area (Å²) >= 11 is 6.03. The summed E-state index contributed by atoms with van der Waals surface area (Å²) in [6.45, 7) is 6.66. The number of rotatable bonds is 10. The second-order valence-corrected chi connectivity index (χ2v) is 10.8. The van der Waals surface area contributed by atoms with Crippen LogP contribution in [0.1, 0.15) is 31.9 Å². The van der Waals surface area contributed by atoms with Gasteiger partial charge in [0.15, 0.2) is 0 Å². The van der Waals surface area contributed by atoms with Gasteiger partial charge in [0.05, 0.1) is 19.1 Å². The Kier molecular flexibility index (Phi) is 9.35. The third-order valence-corrected chi connectivity index (χ3v) is 6.58. The van der Waals surface area contributed by atoms with E-state index in [0.717, 1.165) is 16.1 Å². The number of ether oxygens (including phenoxy) is 1. The van der Waals surface area contributed by atoms with E-state index >= 15 is 0 Å². The quantitative estimate of drug-likeness (QED) is 0.529. The third kappa shape index (κ3) is 7.36. The van der Waals surface area contributed by atoms with Crippen LogP contribution in [0.3, 0.4) is 0 Å². The first-order valence-electron chi connectivity index (χ1n) is 10.8. The van der Waals surface area contributed by atoms with Gasteiger partial charge in [0, 0.05) is 17.6 Å². The summed E-state index contributed by atoms with van der Waals surface area (Å²) in [6, 6.07) is 10.9. The number of carbonyl (C=O) groups excluding carboxylic acids is 2. The Hall–Kier alpha value is -2.78. The summed E-state index contributed by atoms with van der Waals surface area (Å²) < 4.78 is 31.5. The molecule has 2 amide bonds. The summed E-state index contributed by atoms with van der Waals surface area (Å²) in [6.07, 6.45) is 1.04. The Bertz CT molecular complexity index is 1120. The first-order chi connectivity index (χ1) is 15.8. The van der Waals surface area contributed by atoms with Crippen molar-refractivity contribution in [2.75, 3.05) is 24.2 Å². The van der Waals surface area contributed by atoms with E-state index in [1.54, 1.807) is 63.4 Å². The van der Waals surface area contributed by atoms with Crippen LogP contribution in [0.2, 0.25) is 5.02 Å². The van der Waals surface area contributed by atoms with Crippen LogP contribution in [0.15, 0.2) is 42.5 Å².